The second kappa shape index (κ2) is 8.68. The number of carbonyl (C=O) groups excluding carboxylic acids is 3. The Kier molecular flexibility index (Phi) is 5.59. The molecule has 0 radical (unpaired) electrons. The summed E-state index contributed by atoms with van der Waals surface area (Å²) in [6.07, 6.45) is 1.08. The van der Waals surface area contributed by atoms with Crippen molar-refractivity contribution in [1.29, 1.82) is 0 Å². The SMILES string of the molecule is O=C(NCCN1CCc2sccc2C1)c1ccc(CN2C(=O)c3ccccc3C2=O)cc1. The molecular formula is C25H23N3O3S. The van der Waals surface area contributed by atoms with Crippen molar-refractivity contribution < 1.29 is 14.4 Å². The Morgan fingerprint density at radius 3 is 2.41 bits per heavy atom. The van der Waals surface area contributed by atoms with Crippen molar-refractivity contribution in [1.82, 2.24) is 15.1 Å². The normalized spacial score (nSPS) is 15.6. The Balaban J connectivity index is 1.14. The minimum Gasteiger partial charge on any atom is -0.351 e. The molecule has 2 aliphatic heterocycles. The van der Waals surface area contributed by atoms with Gasteiger partial charge in [-0.15, -0.1) is 11.3 Å². The third-order valence-corrected chi connectivity index (χ3v) is 7.06. The van der Waals surface area contributed by atoms with Gasteiger partial charge in [0.25, 0.3) is 17.7 Å². The Labute approximate surface area is 190 Å². The highest BCUT2D eigenvalue weighted by Gasteiger charge is 2.34. The summed E-state index contributed by atoms with van der Waals surface area (Å²) in [6.45, 7) is 3.57. The zero-order chi connectivity index (χ0) is 22.1. The molecule has 0 atom stereocenters. The van der Waals surface area contributed by atoms with E-state index in [-0.39, 0.29) is 24.3 Å². The molecule has 0 aliphatic carbocycles. The van der Waals surface area contributed by atoms with Gasteiger partial charge in [0.05, 0.1) is 17.7 Å². The van der Waals surface area contributed by atoms with Crippen LogP contribution in [0.4, 0.5) is 0 Å². The number of fused-ring (bicyclic) bond motifs is 2. The van der Waals surface area contributed by atoms with Gasteiger partial charge in [-0.1, -0.05) is 24.3 Å². The first kappa shape index (κ1) is 20.6. The van der Waals surface area contributed by atoms with Crippen LogP contribution in [0.1, 0.15) is 47.1 Å². The summed E-state index contributed by atoms with van der Waals surface area (Å²) in [5, 5.41) is 5.13. The van der Waals surface area contributed by atoms with Gasteiger partial charge >= 0.3 is 0 Å². The van der Waals surface area contributed by atoms with E-state index in [2.05, 4.69) is 21.7 Å². The molecule has 0 bridgehead atoms. The molecule has 1 N–H and O–H groups in total. The lowest BCUT2D eigenvalue weighted by Gasteiger charge is -2.26. The zero-order valence-corrected chi connectivity index (χ0v) is 18.4. The van der Waals surface area contributed by atoms with E-state index in [9.17, 15) is 14.4 Å². The molecule has 0 spiro atoms. The molecule has 7 heteroatoms. The number of carbonyl (C=O) groups is 3. The number of nitrogens with zero attached hydrogens (tertiary/aromatic N) is 2. The predicted octanol–water partition coefficient (Wildman–Crippen LogP) is 3.33. The molecule has 3 amide bonds. The van der Waals surface area contributed by atoms with Crippen LogP contribution in [0.25, 0.3) is 0 Å². The first-order chi connectivity index (χ1) is 15.6. The second-order valence-electron chi connectivity index (χ2n) is 8.09. The summed E-state index contributed by atoms with van der Waals surface area (Å²) in [5.41, 5.74) is 3.65. The molecule has 1 aromatic heterocycles. The fourth-order valence-electron chi connectivity index (χ4n) is 4.25. The molecule has 32 heavy (non-hydrogen) atoms. The van der Waals surface area contributed by atoms with E-state index in [0.717, 1.165) is 31.6 Å². The number of hydrogen-bond acceptors (Lipinski definition) is 5. The predicted molar refractivity (Wildman–Crippen MR) is 123 cm³/mol. The third-order valence-electron chi connectivity index (χ3n) is 6.04. The molecule has 3 heterocycles. The van der Waals surface area contributed by atoms with Crippen molar-refractivity contribution in [3.8, 4) is 0 Å². The van der Waals surface area contributed by atoms with Gasteiger partial charge in [0.2, 0.25) is 0 Å². The molecule has 0 saturated carbocycles. The monoisotopic (exact) mass is 445 g/mol. The van der Waals surface area contributed by atoms with Crippen LogP contribution in [0.15, 0.2) is 60.0 Å². The van der Waals surface area contributed by atoms with Gasteiger partial charge in [0, 0.05) is 36.6 Å². The quantitative estimate of drug-likeness (QED) is 0.591. The molecule has 2 aromatic carbocycles. The van der Waals surface area contributed by atoms with Crippen molar-refractivity contribution in [2.75, 3.05) is 19.6 Å². The van der Waals surface area contributed by atoms with Crippen LogP contribution in [0.2, 0.25) is 0 Å². The molecule has 5 rings (SSSR count). The van der Waals surface area contributed by atoms with Gasteiger partial charge in [-0.3, -0.25) is 24.2 Å². The highest BCUT2D eigenvalue weighted by atomic mass is 32.1. The van der Waals surface area contributed by atoms with E-state index >= 15 is 0 Å². The lowest BCUT2D eigenvalue weighted by atomic mass is 10.1. The average Bonchev–Trinajstić information content (AvgIpc) is 3.38. The highest BCUT2D eigenvalue weighted by molar-refractivity contribution is 7.10. The van der Waals surface area contributed by atoms with Crippen LogP contribution in [-0.4, -0.2) is 47.2 Å². The summed E-state index contributed by atoms with van der Waals surface area (Å²) in [7, 11) is 0. The number of nitrogens with one attached hydrogen (secondary N) is 1. The summed E-state index contributed by atoms with van der Waals surface area (Å²) in [4.78, 5) is 42.6. The Morgan fingerprint density at radius 1 is 0.969 bits per heavy atom. The standard InChI is InChI=1S/C25H23N3O3S/c29-23(26-11-13-27-12-9-22-19(16-27)10-14-32-22)18-7-5-17(6-8-18)15-28-24(30)20-3-1-2-4-21(20)25(28)31/h1-8,10,14H,9,11-13,15-16H2,(H,26,29). The minimum absolute atomic E-state index is 0.120. The molecule has 3 aromatic rings. The number of thiophene rings is 1. The smallest absolute Gasteiger partial charge is 0.261 e. The zero-order valence-electron chi connectivity index (χ0n) is 17.5. The van der Waals surface area contributed by atoms with E-state index in [0.29, 0.717) is 23.2 Å². The topological polar surface area (TPSA) is 69.7 Å². The Hall–Kier alpha value is -3.29. The van der Waals surface area contributed by atoms with E-state index in [1.54, 1.807) is 48.5 Å². The number of rotatable bonds is 6. The van der Waals surface area contributed by atoms with Crippen molar-refractivity contribution in [3.63, 3.8) is 0 Å². The minimum atomic E-state index is -0.278. The number of imide groups is 1. The van der Waals surface area contributed by atoms with Crippen molar-refractivity contribution in [3.05, 3.63) is 92.7 Å². The number of benzene rings is 2. The van der Waals surface area contributed by atoms with Crippen molar-refractivity contribution >= 4 is 29.1 Å². The largest absolute Gasteiger partial charge is 0.351 e. The van der Waals surface area contributed by atoms with Crippen molar-refractivity contribution in [2.24, 2.45) is 0 Å². The van der Waals surface area contributed by atoms with Gasteiger partial charge in [-0.05, 0) is 53.3 Å². The fraction of sp³-hybridized carbons (Fsp3) is 0.240. The molecular weight excluding hydrogens is 422 g/mol. The molecule has 2 aliphatic rings. The lowest BCUT2D eigenvalue weighted by molar-refractivity contribution is 0.0641. The van der Waals surface area contributed by atoms with E-state index < -0.39 is 0 Å². The average molecular weight is 446 g/mol. The van der Waals surface area contributed by atoms with Gasteiger partial charge in [-0.2, -0.15) is 0 Å². The molecule has 0 unspecified atom stereocenters. The highest BCUT2D eigenvalue weighted by Crippen LogP contribution is 2.25. The third kappa shape index (κ3) is 3.97. The maximum atomic E-state index is 12.5. The Morgan fingerprint density at radius 2 is 1.69 bits per heavy atom. The lowest BCUT2D eigenvalue weighted by Crippen LogP contribution is -2.37. The van der Waals surface area contributed by atoms with Crippen LogP contribution >= 0.6 is 11.3 Å². The van der Waals surface area contributed by atoms with Crippen molar-refractivity contribution in [2.45, 2.75) is 19.5 Å². The first-order valence-electron chi connectivity index (χ1n) is 10.7. The summed E-state index contributed by atoms with van der Waals surface area (Å²) >= 11 is 1.82. The van der Waals surface area contributed by atoms with Gasteiger partial charge in [0.15, 0.2) is 0 Å². The van der Waals surface area contributed by atoms with Crippen LogP contribution < -0.4 is 5.32 Å². The fourth-order valence-corrected chi connectivity index (χ4v) is 5.14. The van der Waals surface area contributed by atoms with Crippen LogP contribution in [-0.2, 0) is 19.5 Å². The second-order valence-corrected chi connectivity index (χ2v) is 9.09. The molecule has 0 saturated heterocycles. The van der Waals surface area contributed by atoms with E-state index in [1.165, 1.54) is 15.3 Å². The number of hydrogen-bond donors (Lipinski definition) is 1. The molecule has 0 fully saturated rings. The van der Waals surface area contributed by atoms with Crippen LogP contribution in [0.5, 0.6) is 0 Å². The summed E-state index contributed by atoms with van der Waals surface area (Å²) in [6, 6.07) is 16.1. The van der Waals surface area contributed by atoms with Gasteiger partial charge < -0.3 is 5.32 Å². The van der Waals surface area contributed by atoms with Crippen LogP contribution in [0.3, 0.4) is 0 Å². The maximum Gasteiger partial charge on any atom is 0.261 e. The maximum absolute atomic E-state index is 12.5. The summed E-state index contributed by atoms with van der Waals surface area (Å²) in [5.74, 6) is -0.676. The summed E-state index contributed by atoms with van der Waals surface area (Å²) < 4.78 is 0. The molecule has 6 nitrogen and oxygen atoms in total. The molecule has 162 valence electrons. The van der Waals surface area contributed by atoms with Crippen LogP contribution in [0, 0.1) is 0 Å². The first-order valence-corrected chi connectivity index (χ1v) is 11.6. The van der Waals surface area contributed by atoms with Gasteiger partial charge in [-0.25, -0.2) is 0 Å². The van der Waals surface area contributed by atoms with E-state index in [1.807, 2.05) is 11.3 Å². The van der Waals surface area contributed by atoms with E-state index in [4.69, 9.17) is 0 Å². The van der Waals surface area contributed by atoms with Gasteiger partial charge in [0.1, 0.15) is 0 Å². The Bertz CT molecular complexity index is 1150. The number of amides is 3.